The highest BCUT2D eigenvalue weighted by molar-refractivity contribution is 9.10. The number of furan rings is 1. The van der Waals surface area contributed by atoms with E-state index in [-0.39, 0.29) is 0 Å². The molecule has 0 unspecified atom stereocenters. The second-order valence-electron chi connectivity index (χ2n) is 3.67. The summed E-state index contributed by atoms with van der Waals surface area (Å²) in [5, 5.41) is 7.52. The third-order valence-electron chi connectivity index (χ3n) is 2.63. The van der Waals surface area contributed by atoms with Gasteiger partial charge in [-0.3, -0.25) is 4.68 Å². The van der Waals surface area contributed by atoms with Crippen LogP contribution in [0.4, 0.5) is 0 Å². The van der Waals surface area contributed by atoms with Crippen LogP contribution in [-0.2, 0) is 20.1 Å². The van der Waals surface area contributed by atoms with E-state index in [9.17, 15) is 0 Å². The molecular weight excluding hydrogens is 270 g/mol. The maximum absolute atomic E-state index is 5.31. The monoisotopic (exact) mass is 283 g/mol. The second-order valence-corrected chi connectivity index (χ2v) is 4.53. The molecule has 0 fully saturated rings. The molecule has 0 saturated carbocycles. The van der Waals surface area contributed by atoms with Crippen molar-refractivity contribution >= 4 is 15.9 Å². The summed E-state index contributed by atoms with van der Waals surface area (Å²) in [5.74, 6) is 0.918. The average Bonchev–Trinajstić information content (AvgIpc) is 2.80. The van der Waals surface area contributed by atoms with Crippen LogP contribution in [-0.4, -0.2) is 9.78 Å². The molecule has 2 aromatic rings. The topological polar surface area (TPSA) is 43.0 Å². The Morgan fingerprint density at radius 1 is 1.50 bits per heavy atom. The first-order valence-corrected chi connectivity index (χ1v) is 5.88. The highest BCUT2D eigenvalue weighted by atomic mass is 79.9. The van der Waals surface area contributed by atoms with Crippen LogP contribution in [0, 0.1) is 6.92 Å². The van der Waals surface area contributed by atoms with Crippen molar-refractivity contribution in [2.45, 2.75) is 20.0 Å². The van der Waals surface area contributed by atoms with E-state index in [2.05, 4.69) is 33.3 Å². The van der Waals surface area contributed by atoms with Gasteiger partial charge in [0.1, 0.15) is 5.76 Å². The van der Waals surface area contributed by atoms with Crippen molar-refractivity contribution in [1.82, 2.24) is 15.1 Å². The quantitative estimate of drug-likeness (QED) is 0.937. The van der Waals surface area contributed by atoms with Crippen molar-refractivity contribution in [2.75, 3.05) is 0 Å². The molecule has 2 rings (SSSR count). The van der Waals surface area contributed by atoms with E-state index in [1.807, 2.05) is 24.0 Å². The third kappa shape index (κ3) is 2.36. The minimum Gasteiger partial charge on any atom is -0.467 e. The first-order valence-electron chi connectivity index (χ1n) is 5.08. The van der Waals surface area contributed by atoms with Gasteiger partial charge in [-0.1, -0.05) is 0 Å². The molecular formula is C11H14BrN3O. The van der Waals surface area contributed by atoms with Crippen molar-refractivity contribution in [3.63, 3.8) is 0 Å². The lowest BCUT2D eigenvalue weighted by Crippen LogP contribution is -2.13. The SMILES string of the molecule is Cc1c(CNCc2occc2Br)cnn1C. The molecule has 16 heavy (non-hydrogen) atoms. The molecule has 0 radical (unpaired) electrons. The molecule has 1 N–H and O–H groups in total. The van der Waals surface area contributed by atoms with Crippen LogP contribution in [0.5, 0.6) is 0 Å². The molecule has 0 atom stereocenters. The summed E-state index contributed by atoms with van der Waals surface area (Å²) in [6.07, 6.45) is 3.57. The van der Waals surface area contributed by atoms with Crippen LogP contribution in [0.15, 0.2) is 27.4 Å². The molecule has 5 heteroatoms. The largest absolute Gasteiger partial charge is 0.467 e. The Hall–Kier alpha value is -1.07. The normalized spacial score (nSPS) is 10.9. The van der Waals surface area contributed by atoms with Crippen molar-refractivity contribution in [3.8, 4) is 0 Å². The Morgan fingerprint density at radius 3 is 2.88 bits per heavy atom. The van der Waals surface area contributed by atoms with Crippen LogP contribution in [0.1, 0.15) is 17.0 Å². The molecule has 0 aromatic carbocycles. The van der Waals surface area contributed by atoms with Gasteiger partial charge < -0.3 is 9.73 Å². The summed E-state index contributed by atoms with van der Waals surface area (Å²) < 4.78 is 8.18. The Kier molecular flexibility index (Phi) is 3.46. The van der Waals surface area contributed by atoms with Crippen LogP contribution in [0.3, 0.4) is 0 Å². The van der Waals surface area contributed by atoms with E-state index < -0.39 is 0 Å². The highest BCUT2D eigenvalue weighted by Gasteiger charge is 2.05. The van der Waals surface area contributed by atoms with Crippen LogP contribution >= 0.6 is 15.9 Å². The van der Waals surface area contributed by atoms with Gasteiger partial charge in [0, 0.05) is 24.8 Å². The summed E-state index contributed by atoms with van der Waals surface area (Å²) in [6.45, 7) is 3.57. The minimum atomic E-state index is 0.710. The smallest absolute Gasteiger partial charge is 0.131 e. The predicted molar refractivity (Wildman–Crippen MR) is 64.9 cm³/mol. The van der Waals surface area contributed by atoms with Gasteiger partial charge in [0.15, 0.2) is 0 Å². The molecule has 0 amide bonds. The standard InChI is InChI=1S/C11H14BrN3O/c1-8-9(6-14-15(8)2)5-13-7-11-10(12)3-4-16-11/h3-4,6,13H,5,7H2,1-2H3. The van der Waals surface area contributed by atoms with Crippen LogP contribution in [0.25, 0.3) is 0 Å². The van der Waals surface area contributed by atoms with Gasteiger partial charge in [-0.25, -0.2) is 0 Å². The fourth-order valence-corrected chi connectivity index (χ4v) is 1.82. The van der Waals surface area contributed by atoms with Gasteiger partial charge in [-0.15, -0.1) is 0 Å². The Bertz CT molecular complexity index is 475. The van der Waals surface area contributed by atoms with Gasteiger partial charge in [-0.05, 0) is 28.9 Å². The minimum absolute atomic E-state index is 0.710. The third-order valence-corrected chi connectivity index (χ3v) is 3.34. The Balaban J connectivity index is 1.89. The lowest BCUT2D eigenvalue weighted by molar-refractivity contribution is 0.480. The van der Waals surface area contributed by atoms with Crippen LogP contribution in [0.2, 0.25) is 0 Å². The van der Waals surface area contributed by atoms with E-state index in [1.54, 1.807) is 6.26 Å². The van der Waals surface area contributed by atoms with E-state index in [0.29, 0.717) is 6.54 Å². The van der Waals surface area contributed by atoms with Crippen molar-refractivity contribution in [1.29, 1.82) is 0 Å². The number of aromatic nitrogens is 2. The first-order chi connectivity index (χ1) is 7.68. The van der Waals surface area contributed by atoms with E-state index in [1.165, 1.54) is 11.3 Å². The summed E-state index contributed by atoms with van der Waals surface area (Å²) in [5.41, 5.74) is 2.40. The molecule has 0 saturated heterocycles. The van der Waals surface area contributed by atoms with Crippen molar-refractivity contribution < 1.29 is 4.42 Å². The lowest BCUT2D eigenvalue weighted by Gasteiger charge is -2.03. The number of rotatable bonds is 4. The predicted octanol–water partition coefficient (Wildman–Crippen LogP) is 2.37. The Labute approximate surface area is 103 Å². The molecule has 0 aliphatic heterocycles. The molecule has 0 spiro atoms. The molecule has 86 valence electrons. The Morgan fingerprint density at radius 2 is 2.31 bits per heavy atom. The maximum Gasteiger partial charge on any atom is 0.131 e. The number of nitrogens with one attached hydrogen (secondary N) is 1. The zero-order chi connectivity index (χ0) is 11.5. The number of hydrogen-bond donors (Lipinski definition) is 1. The number of halogens is 1. The maximum atomic E-state index is 5.31. The van der Waals surface area contributed by atoms with Gasteiger partial charge in [-0.2, -0.15) is 5.10 Å². The summed E-state index contributed by atoms with van der Waals surface area (Å²) in [6, 6.07) is 1.90. The van der Waals surface area contributed by atoms with Gasteiger partial charge in [0.2, 0.25) is 0 Å². The molecule has 4 nitrogen and oxygen atoms in total. The summed E-state index contributed by atoms with van der Waals surface area (Å²) >= 11 is 3.42. The van der Waals surface area contributed by atoms with E-state index in [4.69, 9.17) is 4.42 Å². The lowest BCUT2D eigenvalue weighted by atomic mass is 10.2. The number of nitrogens with zero attached hydrogens (tertiary/aromatic N) is 2. The van der Waals surface area contributed by atoms with Crippen molar-refractivity contribution in [2.24, 2.45) is 7.05 Å². The van der Waals surface area contributed by atoms with E-state index >= 15 is 0 Å². The zero-order valence-electron chi connectivity index (χ0n) is 9.33. The highest BCUT2D eigenvalue weighted by Crippen LogP contribution is 2.17. The molecule has 2 heterocycles. The van der Waals surface area contributed by atoms with Crippen LogP contribution < -0.4 is 5.32 Å². The van der Waals surface area contributed by atoms with Gasteiger partial charge >= 0.3 is 0 Å². The fraction of sp³-hybridized carbons (Fsp3) is 0.364. The summed E-state index contributed by atoms with van der Waals surface area (Å²) in [7, 11) is 1.95. The molecule has 0 aliphatic rings. The molecule has 0 bridgehead atoms. The number of aryl methyl sites for hydroxylation is 1. The number of hydrogen-bond acceptors (Lipinski definition) is 3. The van der Waals surface area contributed by atoms with E-state index in [0.717, 1.165) is 16.8 Å². The average molecular weight is 284 g/mol. The fourth-order valence-electron chi connectivity index (χ4n) is 1.48. The van der Waals surface area contributed by atoms with Crippen molar-refractivity contribution in [3.05, 3.63) is 40.0 Å². The zero-order valence-corrected chi connectivity index (χ0v) is 10.9. The summed E-state index contributed by atoms with van der Waals surface area (Å²) in [4.78, 5) is 0. The van der Waals surface area contributed by atoms with Gasteiger partial charge in [0.05, 0.1) is 23.5 Å². The second kappa shape index (κ2) is 4.84. The first kappa shape index (κ1) is 11.4. The van der Waals surface area contributed by atoms with Gasteiger partial charge in [0.25, 0.3) is 0 Å². The molecule has 0 aliphatic carbocycles. The molecule has 2 aromatic heterocycles.